The third-order valence-electron chi connectivity index (χ3n) is 1.34. The number of fused-ring (bicyclic) bond motifs is 1. The molecule has 0 bridgehead atoms. The highest BCUT2D eigenvalue weighted by Gasteiger charge is 2.01. The van der Waals surface area contributed by atoms with Crippen molar-refractivity contribution in [2.24, 2.45) is 0 Å². The van der Waals surface area contributed by atoms with Gasteiger partial charge < -0.3 is 15.7 Å². The van der Waals surface area contributed by atoms with Gasteiger partial charge in [0.2, 0.25) is 0 Å². The highest BCUT2D eigenvalue weighted by atomic mass is 16.5. The monoisotopic (exact) mass is 150 g/mol. The van der Waals surface area contributed by atoms with E-state index in [9.17, 15) is 5.21 Å². The lowest BCUT2D eigenvalue weighted by molar-refractivity contribution is 1.11. The number of imidazole rings is 1. The molecule has 2 heterocycles. The largest absolute Gasteiger partial charge is 0.804 e. The highest BCUT2D eigenvalue weighted by molar-refractivity contribution is 5.81. The number of rotatable bonds is 0. The molecule has 0 aliphatic heterocycles. The van der Waals surface area contributed by atoms with Crippen LogP contribution in [0.1, 0.15) is 0 Å². The van der Waals surface area contributed by atoms with E-state index in [1.54, 1.807) is 0 Å². The van der Waals surface area contributed by atoms with Crippen LogP contribution in [0, 0.1) is 5.21 Å². The summed E-state index contributed by atoms with van der Waals surface area (Å²) in [5.74, 6) is 0.155. The molecule has 0 aliphatic rings. The Labute approximate surface area is 61.3 Å². The van der Waals surface area contributed by atoms with Crippen LogP contribution >= 0.6 is 0 Å². The van der Waals surface area contributed by atoms with Gasteiger partial charge in [-0.05, 0) is 0 Å². The molecule has 0 aromatic carbocycles. The maximum Gasteiger partial charge on any atom is 0.182 e. The summed E-state index contributed by atoms with van der Waals surface area (Å²) in [6, 6.07) is 0. The van der Waals surface area contributed by atoms with Crippen molar-refractivity contribution in [3.8, 4) is 0 Å². The molecule has 0 fully saturated rings. The van der Waals surface area contributed by atoms with Crippen molar-refractivity contribution < 1.29 is 0 Å². The first-order chi connectivity index (χ1) is 5.29. The van der Waals surface area contributed by atoms with Crippen LogP contribution in [-0.2, 0) is 0 Å². The molecule has 0 saturated carbocycles. The fourth-order valence-electron chi connectivity index (χ4n) is 0.853. The maximum atomic E-state index is 10.9. The van der Waals surface area contributed by atoms with Gasteiger partial charge in [-0.25, -0.2) is 15.0 Å². The van der Waals surface area contributed by atoms with Gasteiger partial charge in [-0.1, -0.05) is 0 Å². The number of nitrogens with zero attached hydrogens (tertiary/aromatic N) is 4. The zero-order valence-corrected chi connectivity index (χ0v) is 5.43. The lowest BCUT2D eigenvalue weighted by Crippen LogP contribution is -1.95. The average Bonchev–Trinajstić information content (AvgIpc) is 2.34. The number of aromatic nitrogens is 4. The van der Waals surface area contributed by atoms with Gasteiger partial charge in [0.15, 0.2) is 11.5 Å². The van der Waals surface area contributed by atoms with E-state index in [-0.39, 0.29) is 11.3 Å². The molecule has 56 valence electrons. The lowest BCUT2D eigenvalue weighted by Gasteiger charge is -2.05. The topological polar surface area (TPSA) is 92.7 Å². The number of hydrogen-bond acceptors (Lipinski definition) is 5. The molecule has 6 nitrogen and oxygen atoms in total. The second-order valence-electron chi connectivity index (χ2n) is 2.00. The fourth-order valence-corrected chi connectivity index (χ4v) is 0.853. The van der Waals surface area contributed by atoms with Gasteiger partial charge in [-0.2, -0.15) is 0 Å². The van der Waals surface area contributed by atoms with Crippen molar-refractivity contribution in [3.63, 3.8) is 0 Å². The Kier molecular flexibility index (Phi) is 0.974. The Bertz CT molecular complexity index is 395. The maximum absolute atomic E-state index is 10.9. The molecular weight excluding hydrogens is 146 g/mol. The van der Waals surface area contributed by atoms with E-state index in [2.05, 4.69) is 15.0 Å². The number of nitrogen functional groups attached to an aromatic ring is 1. The molecule has 0 radical (unpaired) electrons. The van der Waals surface area contributed by atoms with Gasteiger partial charge in [0.1, 0.15) is 11.8 Å². The summed E-state index contributed by atoms with van der Waals surface area (Å²) >= 11 is 0. The summed E-state index contributed by atoms with van der Waals surface area (Å²) < 4.78 is 0.546. The zero-order chi connectivity index (χ0) is 7.84. The summed E-state index contributed by atoms with van der Waals surface area (Å²) in [6.07, 6.45) is 2.38. The van der Waals surface area contributed by atoms with E-state index in [1.165, 1.54) is 6.33 Å². The minimum absolute atomic E-state index is 0.155. The molecule has 2 N–H and O–H groups in total. The van der Waals surface area contributed by atoms with E-state index in [0.29, 0.717) is 10.4 Å². The summed E-state index contributed by atoms with van der Waals surface area (Å²) in [7, 11) is 0. The quantitative estimate of drug-likeness (QED) is 0.559. The van der Waals surface area contributed by atoms with Crippen molar-refractivity contribution in [1.82, 2.24) is 19.7 Å². The molecular formula is C5H4N5O-. The van der Waals surface area contributed by atoms with E-state index < -0.39 is 0 Å². The zero-order valence-electron chi connectivity index (χ0n) is 5.43. The predicted octanol–water partition coefficient (Wildman–Crippen LogP) is -0.246. The van der Waals surface area contributed by atoms with Crippen LogP contribution in [-0.4, -0.2) is 19.7 Å². The summed E-state index contributed by atoms with van der Waals surface area (Å²) in [6.45, 7) is 0. The molecule has 2 aromatic rings. The van der Waals surface area contributed by atoms with Crippen LogP contribution in [0.2, 0.25) is 0 Å². The molecule has 2 aromatic heterocycles. The van der Waals surface area contributed by atoms with Gasteiger partial charge in [0.25, 0.3) is 0 Å². The van der Waals surface area contributed by atoms with Crippen molar-refractivity contribution >= 4 is 17.0 Å². The molecule has 11 heavy (non-hydrogen) atoms. The van der Waals surface area contributed by atoms with E-state index in [4.69, 9.17) is 5.73 Å². The molecule has 6 heteroatoms. The van der Waals surface area contributed by atoms with Crippen LogP contribution in [0.25, 0.3) is 11.2 Å². The second kappa shape index (κ2) is 1.82. The van der Waals surface area contributed by atoms with Gasteiger partial charge in [-0.15, -0.1) is 0 Å². The molecule has 2 rings (SSSR count). The molecule has 0 spiro atoms. The van der Waals surface area contributed by atoms with Gasteiger partial charge >= 0.3 is 0 Å². The first-order valence-electron chi connectivity index (χ1n) is 2.90. The first-order valence-corrected chi connectivity index (χ1v) is 2.90. The number of hydrogen-bond donors (Lipinski definition) is 1. The van der Waals surface area contributed by atoms with Gasteiger partial charge in [0.05, 0.1) is 6.33 Å². The van der Waals surface area contributed by atoms with Crippen molar-refractivity contribution in [3.05, 3.63) is 17.9 Å². The van der Waals surface area contributed by atoms with E-state index in [0.717, 1.165) is 6.33 Å². The van der Waals surface area contributed by atoms with Crippen LogP contribution in [0.15, 0.2) is 12.7 Å². The number of anilines is 1. The van der Waals surface area contributed by atoms with Crippen molar-refractivity contribution in [1.29, 1.82) is 0 Å². The third kappa shape index (κ3) is 0.689. The Morgan fingerprint density at radius 1 is 1.36 bits per heavy atom. The Hall–Kier alpha value is -1.85. The van der Waals surface area contributed by atoms with Crippen molar-refractivity contribution in [2.75, 3.05) is 5.73 Å². The predicted molar refractivity (Wildman–Crippen MR) is 38.5 cm³/mol. The molecule has 0 saturated heterocycles. The van der Waals surface area contributed by atoms with Gasteiger partial charge in [-0.3, -0.25) is 0 Å². The summed E-state index contributed by atoms with van der Waals surface area (Å²) in [4.78, 5) is 11.1. The lowest BCUT2D eigenvalue weighted by atomic mass is 10.5. The summed E-state index contributed by atoms with van der Waals surface area (Å²) in [5.41, 5.74) is 5.95. The molecule has 0 unspecified atom stereocenters. The fraction of sp³-hybridized carbons (Fsp3) is 0. The molecule has 0 aliphatic carbocycles. The standard InChI is InChI=1S/C5H4N5O/c6-4-3-5(8-1-7-4)9-2-10(3)11/h1-2H,(H2,6,7,8)/q-1. The van der Waals surface area contributed by atoms with E-state index >= 15 is 0 Å². The minimum Gasteiger partial charge on any atom is -0.804 e. The van der Waals surface area contributed by atoms with Crippen molar-refractivity contribution in [2.45, 2.75) is 0 Å². The smallest absolute Gasteiger partial charge is 0.182 e. The van der Waals surface area contributed by atoms with Crippen LogP contribution in [0.4, 0.5) is 5.82 Å². The second-order valence-corrected chi connectivity index (χ2v) is 2.00. The normalized spacial score (nSPS) is 10.5. The average molecular weight is 150 g/mol. The van der Waals surface area contributed by atoms with Crippen LogP contribution in [0.5, 0.6) is 0 Å². The Morgan fingerprint density at radius 3 is 2.91 bits per heavy atom. The molecule has 0 atom stereocenters. The summed E-state index contributed by atoms with van der Waals surface area (Å²) in [5, 5.41) is 10.9. The Balaban J connectivity index is 2.96. The third-order valence-corrected chi connectivity index (χ3v) is 1.34. The SMILES string of the molecule is Nc1ncnc2ncn([O-])c12. The van der Waals surface area contributed by atoms with Gasteiger partial charge in [0, 0.05) is 0 Å². The number of nitrogens with two attached hydrogens (primary N) is 1. The minimum atomic E-state index is 0.155. The van der Waals surface area contributed by atoms with Crippen LogP contribution in [0.3, 0.4) is 0 Å². The Morgan fingerprint density at radius 2 is 2.18 bits per heavy atom. The van der Waals surface area contributed by atoms with E-state index in [1.807, 2.05) is 0 Å². The van der Waals surface area contributed by atoms with Crippen LogP contribution < -0.4 is 5.73 Å². The first kappa shape index (κ1) is 5.90. The highest BCUT2D eigenvalue weighted by Crippen LogP contribution is 2.12. The molecule has 0 amide bonds.